The van der Waals surface area contributed by atoms with Crippen LogP contribution >= 0.6 is 11.8 Å². The summed E-state index contributed by atoms with van der Waals surface area (Å²) in [6.07, 6.45) is 4.67. The molecule has 6 nitrogen and oxygen atoms in total. The summed E-state index contributed by atoms with van der Waals surface area (Å²) < 4.78 is 6.04. The number of hydrogen-bond donors (Lipinski definition) is 1. The van der Waals surface area contributed by atoms with Crippen molar-refractivity contribution in [1.29, 1.82) is 0 Å². The molecule has 0 spiro atoms. The van der Waals surface area contributed by atoms with Gasteiger partial charge in [-0.3, -0.25) is 9.59 Å². The number of fused-ring (bicyclic) bond motifs is 1. The Morgan fingerprint density at radius 3 is 2.53 bits per heavy atom. The third kappa shape index (κ3) is 4.73. The molecule has 0 bridgehead atoms. The highest BCUT2D eigenvalue weighted by atomic mass is 32.2. The van der Waals surface area contributed by atoms with Gasteiger partial charge in [-0.15, -0.1) is 11.8 Å². The number of anilines is 2. The highest BCUT2D eigenvalue weighted by Gasteiger charge is 2.34. The van der Waals surface area contributed by atoms with Crippen LogP contribution in [0.25, 0.3) is 0 Å². The van der Waals surface area contributed by atoms with E-state index in [9.17, 15) is 9.59 Å². The average molecular weight is 426 g/mol. The molecule has 2 aliphatic rings. The molecule has 1 fully saturated rings. The molecule has 2 heterocycles. The summed E-state index contributed by atoms with van der Waals surface area (Å²) in [5, 5.41) is 2.95. The molecular weight excluding hydrogens is 398 g/mol. The predicted octanol–water partition coefficient (Wildman–Crippen LogP) is 3.63. The first kappa shape index (κ1) is 20.6. The van der Waals surface area contributed by atoms with Crippen molar-refractivity contribution in [3.8, 4) is 5.75 Å². The van der Waals surface area contributed by atoms with Crippen molar-refractivity contribution < 1.29 is 14.3 Å². The topological polar surface area (TPSA) is 61.9 Å². The number of thioether (sulfide) groups is 1. The number of benzene rings is 2. The molecule has 1 atom stereocenters. The molecule has 2 aliphatic heterocycles. The van der Waals surface area contributed by atoms with E-state index in [0.29, 0.717) is 12.3 Å². The molecule has 0 saturated carbocycles. The molecule has 158 valence electrons. The molecule has 7 heteroatoms. The largest absolute Gasteiger partial charge is 0.477 e. The van der Waals surface area contributed by atoms with Crippen molar-refractivity contribution >= 4 is 35.0 Å². The number of rotatable bonds is 5. The van der Waals surface area contributed by atoms with Gasteiger partial charge in [-0.1, -0.05) is 12.1 Å². The third-order valence-corrected chi connectivity index (χ3v) is 6.26. The maximum absolute atomic E-state index is 13.0. The first-order chi connectivity index (χ1) is 14.6. The van der Waals surface area contributed by atoms with Gasteiger partial charge in [-0.05, 0) is 61.9 Å². The van der Waals surface area contributed by atoms with Gasteiger partial charge in [0.25, 0.3) is 5.91 Å². The third-order valence-electron chi connectivity index (χ3n) is 5.51. The van der Waals surface area contributed by atoms with Crippen molar-refractivity contribution in [2.24, 2.45) is 0 Å². The standard InChI is InChI=1S/C23H27N3O3S/c1-30-18-11-9-17(10-12-18)24-22(27)16-26-15-21(23(28)25-13-5-2-6-14-25)29-20-8-4-3-7-19(20)26/h3-4,7-12,21H,2,5-6,13-16H2,1H3,(H,24,27)/t21-/m1/s1. The maximum atomic E-state index is 13.0. The first-order valence-electron chi connectivity index (χ1n) is 10.4. The molecule has 0 radical (unpaired) electrons. The van der Waals surface area contributed by atoms with E-state index in [1.807, 2.05) is 64.6 Å². The van der Waals surface area contributed by atoms with Gasteiger partial charge in [0.05, 0.1) is 18.8 Å². The van der Waals surface area contributed by atoms with Crippen LogP contribution in [0.15, 0.2) is 53.4 Å². The molecule has 0 unspecified atom stereocenters. The number of para-hydroxylation sites is 2. The number of ether oxygens (including phenoxy) is 1. The van der Waals surface area contributed by atoms with E-state index in [4.69, 9.17) is 4.74 Å². The van der Waals surface area contributed by atoms with Crippen LogP contribution in [0.4, 0.5) is 11.4 Å². The summed E-state index contributed by atoms with van der Waals surface area (Å²) in [7, 11) is 0. The quantitative estimate of drug-likeness (QED) is 0.742. The summed E-state index contributed by atoms with van der Waals surface area (Å²) >= 11 is 1.66. The van der Waals surface area contributed by atoms with E-state index >= 15 is 0 Å². The van der Waals surface area contributed by atoms with Gasteiger partial charge in [-0.25, -0.2) is 0 Å². The average Bonchev–Trinajstić information content (AvgIpc) is 2.79. The highest BCUT2D eigenvalue weighted by Crippen LogP contribution is 2.33. The van der Waals surface area contributed by atoms with Gasteiger partial charge in [0.2, 0.25) is 5.91 Å². The predicted molar refractivity (Wildman–Crippen MR) is 120 cm³/mol. The number of hydrogen-bond acceptors (Lipinski definition) is 5. The molecule has 2 aromatic rings. The van der Waals surface area contributed by atoms with Crippen LogP contribution in [0.5, 0.6) is 5.75 Å². The highest BCUT2D eigenvalue weighted by molar-refractivity contribution is 7.98. The van der Waals surface area contributed by atoms with Gasteiger partial charge in [0, 0.05) is 23.7 Å². The van der Waals surface area contributed by atoms with Crippen LogP contribution in [-0.2, 0) is 9.59 Å². The Kier molecular flexibility index (Phi) is 6.47. The second kappa shape index (κ2) is 9.43. The zero-order valence-electron chi connectivity index (χ0n) is 17.2. The Labute approximate surface area is 181 Å². The van der Waals surface area contributed by atoms with E-state index in [-0.39, 0.29) is 18.4 Å². The summed E-state index contributed by atoms with van der Waals surface area (Å²) in [5.41, 5.74) is 1.60. The monoisotopic (exact) mass is 425 g/mol. The van der Waals surface area contributed by atoms with Crippen LogP contribution < -0.4 is 15.0 Å². The summed E-state index contributed by atoms with van der Waals surface area (Å²) in [4.78, 5) is 30.7. The molecule has 2 amide bonds. The van der Waals surface area contributed by atoms with Crippen molar-refractivity contribution in [3.63, 3.8) is 0 Å². The Bertz CT molecular complexity index is 897. The van der Waals surface area contributed by atoms with E-state index < -0.39 is 6.10 Å². The lowest BCUT2D eigenvalue weighted by molar-refractivity contribution is -0.139. The minimum atomic E-state index is -0.591. The first-order valence-corrected chi connectivity index (χ1v) is 11.6. The Hall–Kier alpha value is -2.67. The second-order valence-corrected chi connectivity index (χ2v) is 8.50. The molecule has 0 aromatic heterocycles. The second-order valence-electron chi connectivity index (χ2n) is 7.62. The molecule has 1 saturated heterocycles. The lowest BCUT2D eigenvalue weighted by Gasteiger charge is -2.38. The number of nitrogens with zero attached hydrogens (tertiary/aromatic N) is 2. The molecular formula is C23H27N3O3S. The Balaban J connectivity index is 1.46. The van der Waals surface area contributed by atoms with Gasteiger partial charge in [0.15, 0.2) is 6.10 Å². The fourth-order valence-electron chi connectivity index (χ4n) is 3.95. The minimum absolute atomic E-state index is 0.0160. The van der Waals surface area contributed by atoms with Gasteiger partial charge < -0.3 is 19.9 Å². The van der Waals surface area contributed by atoms with Crippen molar-refractivity contribution in [2.75, 3.05) is 42.7 Å². The van der Waals surface area contributed by atoms with Crippen LogP contribution in [0.3, 0.4) is 0 Å². The maximum Gasteiger partial charge on any atom is 0.265 e. The normalized spacial score (nSPS) is 18.4. The molecule has 1 N–H and O–H groups in total. The zero-order valence-corrected chi connectivity index (χ0v) is 18.0. The fraction of sp³-hybridized carbons (Fsp3) is 0.391. The summed E-state index contributed by atoms with van der Waals surface area (Å²) in [5.74, 6) is 0.547. The molecule has 0 aliphatic carbocycles. The number of nitrogens with one attached hydrogen (secondary N) is 1. The lowest BCUT2D eigenvalue weighted by atomic mass is 10.1. The Morgan fingerprint density at radius 1 is 1.07 bits per heavy atom. The number of amides is 2. The van der Waals surface area contributed by atoms with E-state index in [1.165, 1.54) is 6.42 Å². The SMILES string of the molecule is CSc1ccc(NC(=O)CN2C[C@H](C(=O)N3CCCCC3)Oc3ccccc32)cc1. The van der Waals surface area contributed by atoms with E-state index in [2.05, 4.69) is 5.32 Å². The summed E-state index contributed by atoms with van der Waals surface area (Å²) in [6, 6.07) is 15.4. The van der Waals surface area contributed by atoms with Gasteiger partial charge in [0.1, 0.15) is 5.75 Å². The number of likely N-dealkylation sites (tertiary alicyclic amines) is 1. The van der Waals surface area contributed by atoms with Crippen LogP contribution in [0, 0.1) is 0 Å². The summed E-state index contributed by atoms with van der Waals surface area (Å²) in [6.45, 7) is 2.10. The zero-order chi connectivity index (χ0) is 20.9. The van der Waals surface area contributed by atoms with E-state index in [0.717, 1.165) is 42.2 Å². The lowest BCUT2D eigenvalue weighted by Crippen LogP contribution is -2.52. The Morgan fingerprint density at radius 2 is 1.80 bits per heavy atom. The van der Waals surface area contributed by atoms with Crippen molar-refractivity contribution in [1.82, 2.24) is 4.90 Å². The van der Waals surface area contributed by atoms with Crippen molar-refractivity contribution in [3.05, 3.63) is 48.5 Å². The minimum Gasteiger partial charge on any atom is -0.477 e. The van der Waals surface area contributed by atoms with Crippen LogP contribution in [0.1, 0.15) is 19.3 Å². The van der Waals surface area contributed by atoms with Gasteiger partial charge >= 0.3 is 0 Å². The molecule has 4 rings (SSSR count). The fourth-order valence-corrected chi connectivity index (χ4v) is 4.36. The number of carbonyl (C=O) groups excluding carboxylic acids is 2. The number of piperidine rings is 1. The smallest absolute Gasteiger partial charge is 0.265 e. The molecule has 30 heavy (non-hydrogen) atoms. The van der Waals surface area contributed by atoms with Crippen LogP contribution in [0.2, 0.25) is 0 Å². The van der Waals surface area contributed by atoms with Crippen LogP contribution in [-0.4, -0.2) is 55.3 Å². The van der Waals surface area contributed by atoms with Gasteiger partial charge in [-0.2, -0.15) is 0 Å². The van der Waals surface area contributed by atoms with Crippen molar-refractivity contribution in [2.45, 2.75) is 30.3 Å². The molecule has 2 aromatic carbocycles. The van der Waals surface area contributed by atoms with E-state index in [1.54, 1.807) is 11.8 Å². The number of carbonyl (C=O) groups is 2.